The zero-order valence-corrected chi connectivity index (χ0v) is 12.2. The van der Waals surface area contributed by atoms with E-state index in [4.69, 9.17) is 4.74 Å². The van der Waals surface area contributed by atoms with Gasteiger partial charge >= 0.3 is 0 Å². The quantitative estimate of drug-likeness (QED) is 0.782. The number of hydrogen-bond donors (Lipinski definition) is 1. The zero-order valence-electron chi connectivity index (χ0n) is 11.4. The Labute approximate surface area is 121 Å². The van der Waals surface area contributed by atoms with Crippen molar-refractivity contribution in [3.63, 3.8) is 0 Å². The van der Waals surface area contributed by atoms with Gasteiger partial charge in [0.05, 0.1) is 28.7 Å². The van der Waals surface area contributed by atoms with Crippen molar-refractivity contribution in [1.82, 2.24) is 9.97 Å². The molecule has 0 spiro atoms. The molecule has 20 heavy (non-hydrogen) atoms. The molecule has 1 aromatic carbocycles. The maximum atomic E-state index is 5.51. The first-order valence-corrected chi connectivity index (χ1v) is 7.29. The summed E-state index contributed by atoms with van der Waals surface area (Å²) in [6.07, 6.45) is 3.60. The van der Waals surface area contributed by atoms with E-state index in [1.807, 2.05) is 44.3 Å². The van der Waals surface area contributed by atoms with Gasteiger partial charge in [-0.05, 0) is 43.7 Å². The molecule has 0 atom stereocenters. The highest BCUT2D eigenvalue weighted by molar-refractivity contribution is 7.22. The highest BCUT2D eigenvalue weighted by atomic mass is 32.1. The number of nitrogens with zero attached hydrogens (tertiary/aromatic N) is 2. The average molecular weight is 285 g/mol. The number of anilines is 2. The predicted molar refractivity (Wildman–Crippen MR) is 83.0 cm³/mol. The molecule has 0 aliphatic carbocycles. The number of rotatable bonds is 4. The lowest BCUT2D eigenvalue weighted by Gasteiger charge is -2.04. The van der Waals surface area contributed by atoms with Crippen LogP contribution in [0.25, 0.3) is 10.2 Å². The van der Waals surface area contributed by atoms with Crippen molar-refractivity contribution >= 4 is 32.4 Å². The van der Waals surface area contributed by atoms with Gasteiger partial charge in [-0.3, -0.25) is 4.98 Å². The lowest BCUT2D eigenvalue weighted by molar-refractivity contribution is 0.341. The van der Waals surface area contributed by atoms with Gasteiger partial charge in [0.2, 0.25) is 0 Å². The van der Waals surface area contributed by atoms with Gasteiger partial charge in [0.1, 0.15) is 5.75 Å². The summed E-state index contributed by atoms with van der Waals surface area (Å²) in [7, 11) is 0. The van der Waals surface area contributed by atoms with Crippen molar-refractivity contribution in [2.75, 3.05) is 11.9 Å². The van der Waals surface area contributed by atoms with E-state index in [-0.39, 0.29) is 0 Å². The topological polar surface area (TPSA) is 47.0 Å². The summed E-state index contributed by atoms with van der Waals surface area (Å²) < 4.78 is 6.62. The molecule has 0 aliphatic heterocycles. The van der Waals surface area contributed by atoms with E-state index in [1.165, 1.54) is 0 Å². The predicted octanol–water partition coefficient (Wildman–Crippen LogP) is 4.14. The Hall–Kier alpha value is -2.14. The third-order valence-electron chi connectivity index (χ3n) is 2.95. The highest BCUT2D eigenvalue weighted by Gasteiger charge is 2.06. The monoisotopic (exact) mass is 285 g/mol. The first-order valence-electron chi connectivity index (χ1n) is 6.47. The molecule has 102 valence electrons. The molecular weight excluding hydrogens is 270 g/mol. The number of aryl methyl sites for hydroxylation is 1. The van der Waals surface area contributed by atoms with Crippen LogP contribution in [0.5, 0.6) is 5.75 Å². The first-order chi connectivity index (χ1) is 9.76. The molecule has 1 N–H and O–H groups in total. The van der Waals surface area contributed by atoms with E-state index in [2.05, 4.69) is 15.3 Å². The van der Waals surface area contributed by atoms with Crippen LogP contribution in [0.4, 0.5) is 10.8 Å². The minimum absolute atomic E-state index is 0.671. The molecular formula is C15H15N3OS. The van der Waals surface area contributed by atoms with Crippen LogP contribution < -0.4 is 10.1 Å². The molecule has 0 amide bonds. The van der Waals surface area contributed by atoms with Gasteiger partial charge in [-0.25, -0.2) is 4.98 Å². The fraction of sp³-hybridized carbons (Fsp3) is 0.200. The molecule has 0 saturated heterocycles. The molecule has 2 heterocycles. The van der Waals surface area contributed by atoms with Crippen LogP contribution in [0.1, 0.15) is 12.5 Å². The molecule has 0 radical (unpaired) electrons. The molecule has 4 nitrogen and oxygen atoms in total. The van der Waals surface area contributed by atoms with Gasteiger partial charge in [-0.15, -0.1) is 0 Å². The molecule has 0 saturated carbocycles. The number of aromatic nitrogens is 2. The van der Waals surface area contributed by atoms with Gasteiger partial charge in [-0.1, -0.05) is 11.3 Å². The van der Waals surface area contributed by atoms with Gasteiger partial charge in [0.15, 0.2) is 5.13 Å². The van der Waals surface area contributed by atoms with Crippen molar-refractivity contribution in [3.05, 3.63) is 42.2 Å². The van der Waals surface area contributed by atoms with Crippen LogP contribution in [0.3, 0.4) is 0 Å². The van der Waals surface area contributed by atoms with Gasteiger partial charge in [-0.2, -0.15) is 0 Å². The standard InChI is InChI=1S/C15H15N3OS/c1-3-19-11-4-5-12-14(8-11)20-15(17-12)18-13-9-16-7-6-10(13)2/h4-9H,3H2,1-2H3,(H,17,18). The normalized spacial score (nSPS) is 10.7. The summed E-state index contributed by atoms with van der Waals surface area (Å²) in [5.74, 6) is 0.882. The molecule has 0 fully saturated rings. The largest absolute Gasteiger partial charge is 0.494 e. The van der Waals surface area contributed by atoms with Crippen LogP contribution in [-0.4, -0.2) is 16.6 Å². The summed E-state index contributed by atoms with van der Waals surface area (Å²) in [5, 5.41) is 4.18. The van der Waals surface area contributed by atoms with E-state index >= 15 is 0 Å². The third kappa shape index (κ3) is 2.58. The maximum Gasteiger partial charge on any atom is 0.188 e. The smallest absolute Gasteiger partial charge is 0.188 e. The van der Waals surface area contributed by atoms with Crippen LogP contribution in [0.2, 0.25) is 0 Å². The van der Waals surface area contributed by atoms with Crippen LogP contribution in [0.15, 0.2) is 36.7 Å². The van der Waals surface area contributed by atoms with Crippen molar-refractivity contribution in [2.45, 2.75) is 13.8 Å². The van der Waals surface area contributed by atoms with Crippen LogP contribution in [-0.2, 0) is 0 Å². The number of benzene rings is 1. The van der Waals surface area contributed by atoms with Crippen molar-refractivity contribution < 1.29 is 4.74 Å². The number of fused-ring (bicyclic) bond motifs is 1. The van der Waals surface area contributed by atoms with E-state index in [1.54, 1.807) is 17.5 Å². The van der Waals surface area contributed by atoms with Crippen molar-refractivity contribution in [2.24, 2.45) is 0 Å². The summed E-state index contributed by atoms with van der Waals surface area (Å²) in [6.45, 7) is 4.70. The molecule has 3 rings (SSSR count). The van der Waals surface area contributed by atoms with E-state index in [0.29, 0.717) is 6.61 Å². The average Bonchev–Trinajstić information content (AvgIpc) is 2.83. The summed E-state index contributed by atoms with van der Waals surface area (Å²) >= 11 is 1.61. The van der Waals surface area contributed by atoms with Gasteiger partial charge in [0, 0.05) is 6.20 Å². The second-order valence-electron chi connectivity index (χ2n) is 4.40. The minimum Gasteiger partial charge on any atom is -0.494 e. The second kappa shape index (κ2) is 5.46. The molecule has 2 aromatic heterocycles. The maximum absolute atomic E-state index is 5.51. The number of hydrogen-bond acceptors (Lipinski definition) is 5. The van der Waals surface area contributed by atoms with Crippen molar-refractivity contribution in [3.8, 4) is 5.75 Å². The summed E-state index contributed by atoms with van der Waals surface area (Å²) in [4.78, 5) is 8.70. The SMILES string of the molecule is CCOc1ccc2nc(Nc3cnccc3C)sc2c1. The summed E-state index contributed by atoms with van der Waals surface area (Å²) in [6, 6.07) is 7.93. The van der Waals surface area contributed by atoms with E-state index in [9.17, 15) is 0 Å². The number of nitrogens with one attached hydrogen (secondary N) is 1. The molecule has 0 aliphatic rings. The third-order valence-corrected chi connectivity index (χ3v) is 3.89. The fourth-order valence-electron chi connectivity index (χ4n) is 1.92. The summed E-state index contributed by atoms with van der Waals surface area (Å²) in [5.41, 5.74) is 3.10. The lowest BCUT2D eigenvalue weighted by Crippen LogP contribution is -1.92. The van der Waals surface area contributed by atoms with E-state index in [0.717, 1.165) is 32.3 Å². The van der Waals surface area contributed by atoms with Crippen LogP contribution in [0, 0.1) is 6.92 Å². The molecule has 5 heteroatoms. The molecule has 0 unspecified atom stereocenters. The Morgan fingerprint density at radius 2 is 2.20 bits per heavy atom. The highest BCUT2D eigenvalue weighted by Crippen LogP contribution is 2.31. The first kappa shape index (κ1) is 12.9. The Morgan fingerprint density at radius 3 is 3.00 bits per heavy atom. The Morgan fingerprint density at radius 1 is 1.30 bits per heavy atom. The molecule has 3 aromatic rings. The van der Waals surface area contributed by atoms with E-state index < -0.39 is 0 Å². The fourth-order valence-corrected chi connectivity index (χ4v) is 2.83. The number of thiazole rings is 1. The Kier molecular flexibility index (Phi) is 3.52. The Balaban J connectivity index is 1.91. The minimum atomic E-state index is 0.671. The van der Waals surface area contributed by atoms with Gasteiger partial charge < -0.3 is 10.1 Å². The van der Waals surface area contributed by atoms with Crippen LogP contribution >= 0.6 is 11.3 Å². The lowest BCUT2D eigenvalue weighted by atomic mass is 10.2. The number of ether oxygens (including phenoxy) is 1. The van der Waals surface area contributed by atoms with Crippen molar-refractivity contribution in [1.29, 1.82) is 0 Å². The molecule has 0 bridgehead atoms. The second-order valence-corrected chi connectivity index (χ2v) is 5.43. The number of pyridine rings is 1. The zero-order chi connectivity index (χ0) is 13.9. The van der Waals surface area contributed by atoms with Gasteiger partial charge in [0.25, 0.3) is 0 Å². The Bertz CT molecular complexity index is 739.